The maximum Gasteiger partial charge on any atom is 0.407 e. The van der Waals surface area contributed by atoms with Crippen molar-refractivity contribution >= 4 is 91.0 Å². The molecule has 8 N–H and O–H groups in total. The predicted molar refractivity (Wildman–Crippen MR) is 291 cm³/mol. The van der Waals surface area contributed by atoms with Crippen LogP contribution in [0.3, 0.4) is 0 Å². The summed E-state index contributed by atoms with van der Waals surface area (Å²) in [6.07, 6.45) is 0.0520. The molecule has 0 saturated carbocycles. The van der Waals surface area contributed by atoms with E-state index in [0.717, 1.165) is 47.7 Å². The number of hydrogen-bond donors (Lipinski definition) is 7. The number of benzene rings is 4. The number of nitrogens with zero attached hydrogens (tertiary/aromatic N) is 2. The maximum atomic E-state index is 13.5. The summed E-state index contributed by atoms with van der Waals surface area (Å²) in [4.78, 5) is 62.7. The molecule has 4 aromatic carbocycles. The van der Waals surface area contributed by atoms with E-state index in [1.807, 2.05) is 135 Å². The second kappa shape index (κ2) is 26.5. The third-order valence-corrected chi connectivity index (χ3v) is 15.4. The Bertz CT molecular complexity index is 3160. The Morgan fingerprint density at radius 3 is 1.32 bits per heavy atom. The molecule has 8 aromatic rings. The van der Waals surface area contributed by atoms with Gasteiger partial charge in [-0.2, -0.15) is 8.42 Å². The summed E-state index contributed by atoms with van der Waals surface area (Å²) in [5, 5.41) is 21.0. The molecule has 8 rings (SSSR count). The van der Waals surface area contributed by atoms with E-state index in [0.29, 0.717) is 30.6 Å². The van der Waals surface area contributed by atoms with Crippen LogP contribution in [0, 0.1) is 0 Å². The number of ether oxygens (including phenoxy) is 2. The lowest BCUT2D eigenvalue weighted by Crippen LogP contribution is -2.49. The molecule has 4 heterocycles. The highest BCUT2D eigenvalue weighted by molar-refractivity contribution is 7.87. The van der Waals surface area contributed by atoms with Crippen molar-refractivity contribution in [3.63, 3.8) is 0 Å². The van der Waals surface area contributed by atoms with Crippen LogP contribution in [0.25, 0.3) is 19.8 Å². The van der Waals surface area contributed by atoms with Crippen LogP contribution in [0.5, 0.6) is 0 Å². The van der Waals surface area contributed by atoms with Crippen molar-refractivity contribution in [2.75, 3.05) is 24.7 Å². The molecule has 0 aliphatic heterocycles. The van der Waals surface area contributed by atoms with Gasteiger partial charge in [0.1, 0.15) is 22.1 Å². The summed E-state index contributed by atoms with van der Waals surface area (Å²) in [7, 11) is -1.89. The van der Waals surface area contributed by atoms with Crippen molar-refractivity contribution in [1.29, 1.82) is 0 Å². The van der Waals surface area contributed by atoms with Gasteiger partial charge in [-0.3, -0.25) is 18.9 Å². The molecule has 4 atom stereocenters. The zero-order valence-corrected chi connectivity index (χ0v) is 44.0. The van der Waals surface area contributed by atoms with Crippen LogP contribution < -0.4 is 31.7 Å². The van der Waals surface area contributed by atoms with E-state index in [2.05, 4.69) is 21.3 Å². The SMILES string of the molecule is COC(=O)N[C@@H](Cc1ccccc1)C(=O)N[C@H](Cc1ccc(N)cc1)c1csc(-c2cccs2)n1.COC(=O)N[C@@H](Cc1ccccc1)C(=O)N[C@H](Cc1ccc(NS(=O)(=O)O)cc1)c1csc(-c2cccs2)n1. The fraction of sp³-hybridized carbons (Fsp3) is 0.192. The van der Waals surface area contributed by atoms with Gasteiger partial charge in [0.25, 0.3) is 0 Å². The fourth-order valence-corrected chi connectivity index (χ4v) is 11.2. The number of carbonyl (C=O) groups is 4. The molecule has 0 unspecified atom stereocenters. The number of amides is 4. The molecule has 0 spiro atoms. The summed E-state index contributed by atoms with van der Waals surface area (Å²) < 4.78 is 42.7. The maximum absolute atomic E-state index is 13.5. The van der Waals surface area contributed by atoms with Crippen LogP contribution in [0.1, 0.15) is 45.7 Å². The molecule has 0 aliphatic carbocycles. The number of nitrogens with one attached hydrogen (secondary N) is 5. The van der Waals surface area contributed by atoms with Gasteiger partial charge in [-0.05, 0) is 82.3 Å². The summed E-state index contributed by atoms with van der Waals surface area (Å²) in [6, 6.07) is 38.0. The first-order valence-corrected chi connectivity index (χ1v) is 27.7. The number of alkyl carbamates (subject to hydrolysis) is 2. The topological polar surface area (TPSA) is 253 Å². The fourth-order valence-electron chi connectivity index (χ4n) is 7.43. The van der Waals surface area contributed by atoms with Gasteiger partial charge >= 0.3 is 22.5 Å². The molecule has 22 heteroatoms. The first-order chi connectivity index (χ1) is 35.7. The van der Waals surface area contributed by atoms with Crippen LogP contribution in [-0.2, 0) is 55.1 Å². The van der Waals surface area contributed by atoms with Crippen molar-refractivity contribution in [2.24, 2.45) is 0 Å². The highest BCUT2D eigenvalue weighted by Crippen LogP contribution is 2.32. The number of nitrogens with two attached hydrogens (primary N) is 1. The largest absolute Gasteiger partial charge is 0.453 e. The quantitative estimate of drug-likeness (QED) is 0.0279. The molecule has 4 amide bonds. The Labute approximate surface area is 444 Å². The van der Waals surface area contributed by atoms with Gasteiger partial charge in [0.05, 0.1) is 53.1 Å². The van der Waals surface area contributed by atoms with Crippen LogP contribution in [0.15, 0.2) is 155 Å². The smallest absolute Gasteiger partial charge is 0.407 e. The Morgan fingerprint density at radius 1 is 0.541 bits per heavy atom. The minimum atomic E-state index is -4.40. The summed E-state index contributed by atoms with van der Waals surface area (Å²) in [5.41, 5.74) is 11.7. The van der Waals surface area contributed by atoms with E-state index >= 15 is 0 Å². The van der Waals surface area contributed by atoms with E-state index in [9.17, 15) is 27.6 Å². The number of thiazole rings is 2. The zero-order valence-electron chi connectivity index (χ0n) is 39.9. The van der Waals surface area contributed by atoms with Crippen LogP contribution in [0.2, 0.25) is 0 Å². The van der Waals surface area contributed by atoms with E-state index in [1.165, 1.54) is 49.0 Å². The van der Waals surface area contributed by atoms with Crippen molar-refractivity contribution in [2.45, 2.75) is 49.9 Å². The van der Waals surface area contributed by atoms with Crippen LogP contribution in [0.4, 0.5) is 21.0 Å². The first kappa shape index (κ1) is 54.3. The van der Waals surface area contributed by atoms with Gasteiger partial charge in [0, 0.05) is 29.3 Å². The first-order valence-electron chi connectivity index (χ1n) is 22.8. The third kappa shape index (κ3) is 16.5. The summed E-state index contributed by atoms with van der Waals surface area (Å²) in [6.45, 7) is 0. The molecule has 17 nitrogen and oxygen atoms in total. The second-order valence-corrected chi connectivity index (χ2v) is 21.2. The van der Waals surface area contributed by atoms with Gasteiger partial charge in [0.2, 0.25) is 11.8 Å². The number of rotatable bonds is 20. The Hall–Kier alpha value is -7.47. The molecular weight excluding hydrogens is 1040 g/mol. The highest BCUT2D eigenvalue weighted by atomic mass is 32.2. The van der Waals surface area contributed by atoms with Gasteiger partial charge in [-0.25, -0.2) is 19.6 Å². The molecular formula is C52H52N8O9S5. The summed E-state index contributed by atoms with van der Waals surface area (Å²) in [5.74, 6) is -0.727. The van der Waals surface area contributed by atoms with Crippen molar-refractivity contribution < 1.29 is 41.6 Å². The number of methoxy groups -OCH3 is 2. The van der Waals surface area contributed by atoms with E-state index in [4.69, 9.17) is 29.7 Å². The second-order valence-electron chi connectivity index (χ2n) is 16.4. The number of nitrogen functional groups attached to an aromatic ring is 1. The Kier molecular flexibility index (Phi) is 19.4. The standard InChI is InChI=1S/C26H26N4O6S3.C26H26N4O3S2/c1-36-26(32)29-21(15-17-6-3-2-4-7-17)24(31)27-20(22-16-38-25(28-22)23-8-5-13-37-23)14-18-9-11-19(12-10-18)30-39(33,34)35;1-33-26(32)30-21(15-17-6-3-2-4-7-17)24(31)28-20(14-18-9-11-19(27)12-10-18)22-16-35-25(29-22)23-8-5-13-34-23/h2-13,16,20-21,30H,14-15H2,1H3,(H,27,31)(H,29,32)(H,33,34,35);2-13,16,20-21H,14-15,27H2,1H3,(H,28,31)(H,30,32)/t2*20-,21+/m11/s1. The minimum Gasteiger partial charge on any atom is -0.453 e. The van der Waals surface area contributed by atoms with Crippen LogP contribution in [-0.4, -0.2) is 73.2 Å². The predicted octanol–water partition coefficient (Wildman–Crippen LogP) is 9.27. The molecule has 0 fully saturated rings. The lowest BCUT2D eigenvalue weighted by atomic mass is 10.0. The minimum absolute atomic E-state index is 0.195. The number of thiophene rings is 2. The zero-order chi connectivity index (χ0) is 52.5. The number of aromatic nitrogens is 2. The Balaban J connectivity index is 0.000000217. The molecule has 4 aromatic heterocycles. The number of hydrogen-bond acceptors (Lipinski definition) is 15. The monoisotopic (exact) mass is 1090 g/mol. The molecule has 0 saturated heterocycles. The third-order valence-electron chi connectivity index (χ3n) is 11.1. The highest BCUT2D eigenvalue weighted by Gasteiger charge is 2.28. The van der Waals surface area contributed by atoms with Gasteiger partial charge < -0.3 is 36.5 Å². The molecule has 0 bridgehead atoms. The van der Waals surface area contributed by atoms with Crippen molar-refractivity contribution in [3.8, 4) is 19.8 Å². The number of carbonyl (C=O) groups excluding carboxylic acids is 4. The van der Waals surface area contributed by atoms with Crippen molar-refractivity contribution in [3.05, 3.63) is 189 Å². The average molecular weight is 1090 g/mol. The van der Waals surface area contributed by atoms with Gasteiger partial charge in [0.15, 0.2) is 0 Å². The summed E-state index contributed by atoms with van der Waals surface area (Å²) >= 11 is 6.18. The van der Waals surface area contributed by atoms with Crippen molar-refractivity contribution in [1.82, 2.24) is 31.2 Å². The molecule has 384 valence electrons. The average Bonchev–Trinajstić information content (AvgIpc) is 4.26. The van der Waals surface area contributed by atoms with Gasteiger partial charge in [-0.1, -0.05) is 97.1 Å². The molecule has 0 radical (unpaired) electrons. The molecule has 74 heavy (non-hydrogen) atoms. The van der Waals surface area contributed by atoms with Crippen LogP contribution >= 0.6 is 45.3 Å². The van der Waals surface area contributed by atoms with E-state index < -0.39 is 52.6 Å². The number of anilines is 2. The Morgan fingerprint density at radius 2 is 0.946 bits per heavy atom. The molecule has 0 aliphatic rings. The van der Waals surface area contributed by atoms with Gasteiger partial charge in [-0.15, -0.1) is 45.3 Å². The lowest BCUT2D eigenvalue weighted by molar-refractivity contribution is -0.124. The lowest BCUT2D eigenvalue weighted by Gasteiger charge is -2.23. The van der Waals surface area contributed by atoms with E-state index in [-0.39, 0.29) is 18.0 Å². The normalized spacial score (nSPS) is 12.6. The van der Waals surface area contributed by atoms with E-state index in [1.54, 1.807) is 34.8 Å².